The van der Waals surface area contributed by atoms with Crippen molar-refractivity contribution in [2.45, 2.75) is 32.4 Å². The summed E-state index contributed by atoms with van der Waals surface area (Å²) in [6.45, 7) is 2.31. The number of carbonyl (C=O) groups is 2. The molecular formula is C12H15NO4. The molecule has 1 fully saturated rings. The van der Waals surface area contributed by atoms with E-state index in [9.17, 15) is 9.59 Å². The van der Waals surface area contributed by atoms with Gasteiger partial charge in [0.05, 0.1) is 19.2 Å². The normalized spacial score (nSPS) is 24.3. The Balaban J connectivity index is 2.03. The van der Waals surface area contributed by atoms with Gasteiger partial charge in [-0.2, -0.15) is 0 Å². The zero-order chi connectivity index (χ0) is 12.4. The molecule has 1 N–H and O–H groups in total. The third-order valence-corrected chi connectivity index (χ3v) is 3.27. The maximum atomic E-state index is 11.8. The number of hydrogen-bond acceptors (Lipinski definition) is 3. The highest BCUT2D eigenvalue weighted by Crippen LogP contribution is 2.29. The molecule has 0 unspecified atom stereocenters. The van der Waals surface area contributed by atoms with Gasteiger partial charge in [0.1, 0.15) is 5.76 Å². The molecule has 1 aliphatic rings. The van der Waals surface area contributed by atoms with Crippen LogP contribution in [0.1, 0.15) is 25.5 Å². The smallest absolute Gasteiger partial charge is 0.303 e. The van der Waals surface area contributed by atoms with E-state index in [1.165, 1.54) is 0 Å². The molecule has 0 saturated carbocycles. The van der Waals surface area contributed by atoms with E-state index in [1.54, 1.807) is 17.2 Å². The van der Waals surface area contributed by atoms with Crippen molar-refractivity contribution < 1.29 is 19.1 Å². The van der Waals surface area contributed by atoms with Crippen molar-refractivity contribution in [2.24, 2.45) is 5.92 Å². The fourth-order valence-corrected chi connectivity index (χ4v) is 2.26. The molecule has 17 heavy (non-hydrogen) atoms. The van der Waals surface area contributed by atoms with E-state index in [0.29, 0.717) is 13.0 Å². The Labute approximate surface area is 99.0 Å². The van der Waals surface area contributed by atoms with Crippen LogP contribution in [0.4, 0.5) is 0 Å². The van der Waals surface area contributed by atoms with E-state index in [2.05, 4.69) is 0 Å². The van der Waals surface area contributed by atoms with Crippen LogP contribution >= 0.6 is 0 Å². The van der Waals surface area contributed by atoms with Crippen LogP contribution in [-0.2, 0) is 16.1 Å². The molecule has 0 aromatic carbocycles. The number of carboxylic acids is 1. The molecule has 2 rings (SSSR count). The number of hydrogen-bond donors (Lipinski definition) is 1. The lowest BCUT2D eigenvalue weighted by molar-refractivity contribution is -0.138. The molecule has 1 saturated heterocycles. The van der Waals surface area contributed by atoms with Gasteiger partial charge in [0.2, 0.25) is 5.91 Å². The summed E-state index contributed by atoms with van der Waals surface area (Å²) >= 11 is 0. The fraction of sp³-hybridized carbons (Fsp3) is 0.500. The summed E-state index contributed by atoms with van der Waals surface area (Å²) in [5.74, 6) is -0.231. The number of carboxylic acid groups (broad SMARTS) is 1. The highest BCUT2D eigenvalue weighted by molar-refractivity contribution is 5.80. The Hall–Kier alpha value is -1.78. The third-order valence-electron chi connectivity index (χ3n) is 3.27. The van der Waals surface area contributed by atoms with Crippen molar-refractivity contribution in [1.82, 2.24) is 4.90 Å². The lowest BCUT2D eigenvalue weighted by atomic mass is 9.98. The zero-order valence-corrected chi connectivity index (χ0v) is 9.63. The van der Waals surface area contributed by atoms with E-state index in [4.69, 9.17) is 9.52 Å². The van der Waals surface area contributed by atoms with Gasteiger partial charge in [-0.15, -0.1) is 0 Å². The van der Waals surface area contributed by atoms with Gasteiger partial charge in [0.15, 0.2) is 0 Å². The van der Waals surface area contributed by atoms with Gasteiger partial charge < -0.3 is 14.4 Å². The Morgan fingerprint density at radius 1 is 1.65 bits per heavy atom. The molecule has 0 bridgehead atoms. The molecule has 0 aliphatic carbocycles. The van der Waals surface area contributed by atoms with Crippen LogP contribution in [0.15, 0.2) is 22.8 Å². The lowest BCUT2D eigenvalue weighted by Crippen LogP contribution is -2.32. The van der Waals surface area contributed by atoms with Crippen LogP contribution in [0.5, 0.6) is 0 Å². The highest BCUT2D eigenvalue weighted by atomic mass is 16.4. The summed E-state index contributed by atoms with van der Waals surface area (Å²) in [6.07, 6.45) is 1.92. The first-order valence-corrected chi connectivity index (χ1v) is 5.61. The van der Waals surface area contributed by atoms with E-state index >= 15 is 0 Å². The minimum Gasteiger partial charge on any atom is -0.481 e. The number of rotatable bonds is 4. The summed E-state index contributed by atoms with van der Waals surface area (Å²) in [5.41, 5.74) is 0. The van der Waals surface area contributed by atoms with Crippen LogP contribution in [0.25, 0.3) is 0 Å². The first-order valence-electron chi connectivity index (χ1n) is 5.61. The number of carbonyl (C=O) groups excluding carboxylic acids is 1. The molecule has 1 aromatic rings. The van der Waals surface area contributed by atoms with Crippen molar-refractivity contribution in [3.05, 3.63) is 24.2 Å². The topological polar surface area (TPSA) is 70.8 Å². The second-order valence-corrected chi connectivity index (χ2v) is 4.40. The summed E-state index contributed by atoms with van der Waals surface area (Å²) < 4.78 is 5.20. The molecule has 2 atom stereocenters. The molecule has 1 aromatic heterocycles. The minimum absolute atomic E-state index is 0.000139. The number of nitrogens with zero attached hydrogens (tertiary/aromatic N) is 1. The first-order chi connectivity index (χ1) is 8.08. The quantitative estimate of drug-likeness (QED) is 0.861. The van der Waals surface area contributed by atoms with Crippen LogP contribution < -0.4 is 0 Å². The van der Waals surface area contributed by atoms with Crippen molar-refractivity contribution in [2.75, 3.05) is 0 Å². The molecule has 0 radical (unpaired) electrons. The van der Waals surface area contributed by atoms with Crippen molar-refractivity contribution in [1.29, 1.82) is 0 Å². The van der Waals surface area contributed by atoms with Crippen LogP contribution in [0.3, 0.4) is 0 Å². The zero-order valence-electron chi connectivity index (χ0n) is 9.63. The van der Waals surface area contributed by atoms with Crippen LogP contribution in [-0.4, -0.2) is 27.9 Å². The average molecular weight is 237 g/mol. The Morgan fingerprint density at radius 3 is 3.00 bits per heavy atom. The lowest BCUT2D eigenvalue weighted by Gasteiger charge is -2.23. The maximum Gasteiger partial charge on any atom is 0.303 e. The van der Waals surface area contributed by atoms with Crippen LogP contribution in [0.2, 0.25) is 0 Å². The molecule has 5 heteroatoms. The Kier molecular flexibility index (Phi) is 3.17. The SMILES string of the molecule is C[C@@H]1[C@@H](CC(=O)O)CC(=O)N1Cc1ccco1. The highest BCUT2D eigenvalue weighted by Gasteiger charge is 2.37. The largest absolute Gasteiger partial charge is 0.481 e. The molecule has 2 heterocycles. The third kappa shape index (κ3) is 2.49. The van der Waals surface area contributed by atoms with Crippen molar-refractivity contribution in [3.8, 4) is 0 Å². The fourth-order valence-electron chi connectivity index (χ4n) is 2.26. The molecule has 92 valence electrons. The Morgan fingerprint density at radius 2 is 2.41 bits per heavy atom. The number of likely N-dealkylation sites (tertiary alicyclic amines) is 1. The van der Waals surface area contributed by atoms with E-state index in [1.807, 2.05) is 13.0 Å². The van der Waals surface area contributed by atoms with Gasteiger partial charge in [-0.1, -0.05) is 0 Å². The van der Waals surface area contributed by atoms with Gasteiger partial charge in [0, 0.05) is 12.5 Å². The second kappa shape index (κ2) is 4.61. The van der Waals surface area contributed by atoms with Gasteiger partial charge in [-0.25, -0.2) is 0 Å². The summed E-state index contributed by atoms with van der Waals surface area (Å²) in [4.78, 5) is 24.2. The monoisotopic (exact) mass is 237 g/mol. The molecule has 5 nitrogen and oxygen atoms in total. The predicted octanol–water partition coefficient (Wildman–Crippen LogP) is 1.49. The van der Waals surface area contributed by atoms with E-state index < -0.39 is 5.97 Å². The molecular weight excluding hydrogens is 222 g/mol. The summed E-state index contributed by atoms with van der Waals surface area (Å²) in [6, 6.07) is 3.53. The molecule has 0 spiro atoms. The standard InChI is InChI=1S/C12H15NO4/c1-8-9(6-12(15)16)5-11(14)13(8)7-10-3-2-4-17-10/h2-4,8-9H,5-7H2,1H3,(H,15,16)/t8-,9-/m1/s1. The van der Waals surface area contributed by atoms with E-state index in [0.717, 1.165) is 5.76 Å². The van der Waals surface area contributed by atoms with Gasteiger partial charge in [0.25, 0.3) is 0 Å². The maximum absolute atomic E-state index is 11.8. The van der Waals surface area contributed by atoms with Gasteiger partial charge in [-0.05, 0) is 25.0 Å². The second-order valence-electron chi connectivity index (χ2n) is 4.40. The number of amides is 1. The van der Waals surface area contributed by atoms with Crippen molar-refractivity contribution >= 4 is 11.9 Å². The first kappa shape index (κ1) is 11.7. The molecule has 1 aliphatic heterocycles. The number of furan rings is 1. The van der Waals surface area contributed by atoms with Gasteiger partial charge >= 0.3 is 5.97 Å². The average Bonchev–Trinajstić information content (AvgIpc) is 2.83. The summed E-state index contributed by atoms with van der Waals surface area (Å²) in [5, 5.41) is 8.77. The van der Waals surface area contributed by atoms with Crippen molar-refractivity contribution in [3.63, 3.8) is 0 Å². The predicted molar refractivity (Wildman–Crippen MR) is 59.1 cm³/mol. The molecule has 1 amide bonds. The van der Waals surface area contributed by atoms with Crippen LogP contribution in [0, 0.1) is 5.92 Å². The number of aliphatic carboxylic acids is 1. The Bertz CT molecular complexity index is 412. The van der Waals surface area contributed by atoms with Gasteiger partial charge in [-0.3, -0.25) is 9.59 Å². The van der Waals surface area contributed by atoms with E-state index in [-0.39, 0.29) is 24.3 Å². The summed E-state index contributed by atoms with van der Waals surface area (Å²) in [7, 11) is 0. The minimum atomic E-state index is -0.852.